The molecule has 0 saturated carbocycles. The normalized spacial score (nSPS) is 21.8. The molecule has 3 nitrogen and oxygen atoms in total. The summed E-state index contributed by atoms with van der Waals surface area (Å²) in [5.74, 6) is -0.580. The summed E-state index contributed by atoms with van der Waals surface area (Å²) in [6.45, 7) is 4.48. The van der Waals surface area contributed by atoms with Crippen molar-refractivity contribution in [2.45, 2.75) is 29.7 Å². The summed E-state index contributed by atoms with van der Waals surface area (Å²) in [5, 5.41) is 2.83. The molecule has 1 amide bonds. The topological polar surface area (TPSA) is 32.3 Å². The molecule has 0 aliphatic carbocycles. The molecular formula is C16H19Cl3N2O. The molecule has 0 unspecified atom stereocenters. The maximum Gasteiger partial charge on any atom is 0.272 e. The van der Waals surface area contributed by atoms with Crippen LogP contribution in [0.15, 0.2) is 42.0 Å². The zero-order chi connectivity index (χ0) is 16.2. The Bertz CT molecular complexity index is 540. The maximum atomic E-state index is 11.9. The van der Waals surface area contributed by atoms with Crippen molar-refractivity contribution in [3.8, 4) is 0 Å². The number of carbonyl (C=O) groups excluding carboxylic acids is 1. The number of rotatable bonds is 3. The van der Waals surface area contributed by atoms with Gasteiger partial charge in [-0.3, -0.25) is 9.69 Å². The number of nitrogens with one attached hydrogen (secondary N) is 1. The Labute approximate surface area is 146 Å². The van der Waals surface area contributed by atoms with Gasteiger partial charge < -0.3 is 5.32 Å². The lowest BCUT2D eigenvalue weighted by molar-refractivity contribution is -0.120. The number of carbonyl (C=O) groups is 1. The molecule has 22 heavy (non-hydrogen) atoms. The predicted molar refractivity (Wildman–Crippen MR) is 92.3 cm³/mol. The zero-order valence-corrected chi connectivity index (χ0v) is 14.6. The van der Waals surface area contributed by atoms with Gasteiger partial charge in [0.15, 0.2) is 0 Å². The summed E-state index contributed by atoms with van der Waals surface area (Å²) in [4.78, 5) is 14.2. The highest BCUT2D eigenvalue weighted by atomic mass is 35.6. The number of alkyl halides is 3. The lowest BCUT2D eigenvalue weighted by Gasteiger charge is -2.35. The third-order valence-corrected chi connectivity index (χ3v) is 4.30. The van der Waals surface area contributed by atoms with Gasteiger partial charge >= 0.3 is 0 Å². The largest absolute Gasteiger partial charge is 0.345 e. The number of benzene rings is 1. The Morgan fingerprint density at radius 1 is 1.36 bits per heavy atom. The van der Waals surface area contributed by atoms with Crippen molar-refractivity contribution in [2.75, 3.05) is 13.1 Å². The van der Waals surface area contributed by atoms with Crippen molar-refractivity contribution in [3.05, 3.63) is 47.5 Å². The number of halogens is 3. The van der Waals surface area contributed by atoms with Gasteiger partial charge in [0.1, 0.15) is 0 Å². The monoisotopic (exact) mass is 360 g/mol. The number of amides is 1. The Balaban J connectivity index is 2.02. The minimum Gasteiger partial charge on any atom is -0.345 e. The van der Waals surface area contributed by atoms with E-state index in [-0.39, 0.29) is 6.04 Å². The van der Waals surface area contributed by atoms with E-state index in [1.165, 1.54) is 11.1 Å². The van der Waals surface area contributed by atoms with Crippen molar-refractivity contribution < 1.29 is 4.79 Å². The zero-order valence-electron chi connectivity index (χ0n) is 12.4. The highest BCUT2D eigenvalue weighted by molar-refractivity contribution is 6.76. The fraction of sp³-hybridized carbons (Fsp3) is 0.438. The average Bonchev–Trinajstić information content (AvgIpc) is 2.47. The van der Waals surface area contributed by atoms with Gasteiger partial charge in [0.2, 0.25) is 0 Å². The van der Waals surface area contributed by atoms with Gasteiger partial charge in [-0.15, -0.1) is 0 Å². The van der Waals surface area contributed by atoms with Gasteiger partial charge in [-0.05, 0) is 24.5 Å². The van der Waals surface area contributed by atoms with Gasteiger partial charge in [-0.25, -0.2) is 0 Å². The fourth-order valence-corrected chi connectivity index (χ4v) is 2.80. The molecule has 1 atom stereocenters. The van der Waals surface area contributed by atoms with Crippen LogP contribution in [0.4, 0.5) is 0 Å². The molecule has 1 heterocycles. The molecule has 0 radical (unpaired) electrons. The lowest BCUT2D eigenvalue weighted by atomic mass is 9.97. The molecule has 0 bridgehead atoms. The second-order valence-electron chi connectivity index (χ2n) is 5.36. The Kier molecular flexibility index (Phi) is 6.16. The number of likely N-dealkylation sites (tertiary alicyclic amines) is 1. The van der Waals surface area contributed by atoms with Crippen molar-refractivity contribution in [1.29, 1.82) is 0 Å². The quantitative estimate of drug-likeness (QED) is 0.658. The van der Waals surface area contributed by atoms with Crippen LogP contribution < -0.4 is 5.32 Å². The highest BCUT2D eigenvalue weighted by Gasteiger charge is 2.34. The van der Waals surface area contributed by atoms with E-state index in [0.29, 0.717) is 6.54 Å². The second-order valence-corrected chi connectivity index (χ2v) is 7.64. The fourth-order valence-electron chi connectivity index (χ4n) is 2.64. The van der Waals surface area contributed by atoms with Crippen LogP contribution in [0.2, 0.25) is 0 Å². The molecule has 1 aliphatic rings. The van der Waals surface area contributed by atoms with E-state index < -0.39 is 9.70 Å². The molecule has 2 rings (SSSR count). The Morgan fingerprint density at radius 3 is 2.64 bits per heavy atom. The molecule has 1 aromatic rings. The van der Waals surface area contributed by atoms with Crippen molar-refractivity contribution >= 4 is 40.7 Å². The molecule has 1 aromatic carbocycles. The minimum atomic E-state index is -1.93. The van der Waals surface area contributed by atoms with E-state index in [9.17, 15) is 4.79 Å². The van der Waals surface area contributed by atoms with Crippen molar-refractivity contribution in [1.82, 2.24) is 10.2 Å². The maximum absolute atomic E-state index is 11.9. The number of allylic oxidation sites excluding steroid dienone is 1. The van der Waals surface area contributed by atoms with Crippen LogP contribution in [0, 0.1) is 0 Å². The predicted octanol–water partition coefficient (Wildman–Crippen LogP) is 3.69. The highest BCUT2D eigenvalue weighted by Crippen LogP contribution is 2.27. The summed E-state index contributed by atoms with van der Waals surface area (Å²) < 4.78 is -1.93. The number of nitrogens with zero attached hydrogens (tertiary/aromatic N) is 1. The van der Waals surface area contributed by atoms with Crippen LogP contribution in [-0.2, 0) is 11.3 Å². The van der Waals surface area contributed by atoms with E-state index in [1.807, 2.05) is 31.2 Å². The smallest absolute Gasteiger partial charge is 0.272 e. The standard InChI is InChI=1S/C16H19Cl3N2O/c1-2-13-8-9-21(10-12-6-4-3-5-7-12)11-14(13)20-15(22)16(17,18)19/h2-7,14H,8-11H2,1H3,(H,20,22)/b13-2+/t14-/m1/s1. The summed E-state index contributed by atoms with van der Waals surface area (Å²) in [7, 11) is 0. The second kappa shape index (κ2) is 7.69. The first-order chi connectivity index (χ1) is 10.4. The van der Waals surface area contributed by atoms with Crippen LogP contribution in [0.25, 0.3) is 0 Å². The number of hydrogen-bond acceptors (Lipinski definition) is 2. The summed E-state index contributed by atoms with van der Waals surface area (Å²) in [6, 6.07) is 10.1. The van der Waals surface area contributed by atoms with E-state index in [2.05, 4.69) is 22.3 Å². The van der Waals surface area contributed by atoms with Crippen LogP contribution in [0.5, 0.6) is 0 Å². The van der Waals surface area contributed by atoms with Gasteiger partial charge in [-0.1, -0.05) is 71.2 Å². The van der Waals surface area contributed by atoms with Crippen LogP contribution >= 0.6 is 34.8 Å². The first-order valence-corrected chi connectivity index (χ1v) is 8.32. The average molecular weight is 362 g/mol. The van der Waals surface area contributed by atoms with E-state index >= 15 is 0 Å². The minimum absolute atomic E-state index is 0.120. The molecular weight excluding hydrogens is 343 g/mol. The molecule has 0 spiro atoms. The SMILES string of the molecule is C/C=C1\CCN(Cc2ccccc2)C[C@H]1NC(=O)C(Cl)(Cl)Cl. The summed E-state index contributed by atoms with van der Waals surface area (Å²) in [6.07, 6.45) is 2.93. The molecule has 6 heteroatoms. The van der Waals surface area contributed by atoms with Gasteiger partial charge in [0.25, 0.3) is 9.70 Å². The van der Waals surface area contributed by atoms with Crippen LogP contribution in [0.1, 0.15) is 18.9 Å². The molecule has 1 fully saturated rings. The molecule has 1 aliphatic heterocycles. The number of hydrogen-bond donors (Lipinski definition) is 1. The van der Waals surface area contributed by atoms with E-state index in [4.69, 9.17) is 34.8 Å². The first kappa shape index (κ1) is 17.6. The van der Waals surface area contributed by atoms with Gasteiger partial charge in [0, 0.05) is 19.6 Å². The van der Waals surface area contributed by atoms with Gasteiger partial charge in [0.05, 0.1) is 6.04 Å². The Hall–Kier alpha value is -0.740. The van der Waals surface area contributed by atoms with E-state index in [1.54, 1.807) is 0 Å². The van der Waals surface area contributed by atoms with Crippen LogP contribution in [0.3, 0.4) is 0 Å². The van der Waals surface area contributed by atoms with Crippen LogP contribution in [-0.4, -0.2) is 33.7 Å². The number of piperidine rings is 1. The molecule has 1 N–H and O–H groups in total. The summed E-state index contributed by atoms with van der Waals surface area (Å²) in [5.41, 5.74) is 2.42. The third-order valence-electron chi connectivity index (χ3n) is 3.79. The molecule has 120 valence electrons. The first-order valence-electron chi connectivity index (χ1n) is 7.19. The summed E-state index contributed by atoms with van der Waals surface area (Å²) >= 11 is 16.9. The van der Waals surface area contributed by atoms with Crippen molar-refractivity contribution in [3.63, 3.8) is 0 Å². The third kappa shape index (κ3) is 4.88. The Morgan fingerprint density at radius 2 is 2.05 bits per heavy atom. The molecule has 0 aromatic heterocycles. The van der Waals surface area contributed by atoms with Crippen molar-refractivity contribution in [2.24, 2.45) is 0 Å². The van der Waals surface area contributed by atoms with E-state index in [0.717, 1.165) is 19.5 Å². The lowest BCUT2D eigenvalue weighted by Crippen LogP contribution is -2.51. The van der Waals surface area contributed by atoms with Gasteiger partial charge in [-0.2, -0.15) is 0 Å². The molecule has 1 saturated heterocycles.